The molecule has 1 aliphatic carbocycles. The van der Waals surface area contributed by atoms with E-state index in [-0.39, 0.29) is 0 Å². The molecule has 94 valence electrons. The van der Waals surface area contributed by atoms with Crippen LogP contribution in [0.1, 0.15) is 19.3 Å². The normalized spacial score (nSPS) is 15.8. The van der Waals surface area contributed by atoms with Gasteiger partial charge in [-0.15, -0.1) is 0 Å². The van der Waals surface area contributed by atoms with Crippen molar-refractivity contribution in [3.63, 3.8) is 0 Å². The van der Waals surface area contributed by atoms with Crippen LogP contribution in [-0.2, 0) is 6.54 Å². The van der Waals surface area contributed by atoms with Gasteiger partial charge in [-0.3, -0.25) is 0 Å². The molecule has 2 aromatic carbocycles. The molecule has 1 heterocycles. The molecule has 0 N–H and O–H groups in total. The van der Waals surface area contributed by atoms with Crippen LogP contribution in [0, 0.1) is 5.92 Å². The van der Waals surface area contributed by atoms with Crippen molar-refractivity contribution in [3.8, 4) is 0 Å². The highest BCUT2D eigenvalue weighted by atomic mass is 15.2. The van der Waals surface area contributed by atoms with E-state index in [2.05, 4.69) is 52.4 Å². The summed E-state index contributed by atoms with van der Waals surface area (Å²) in [6.45, 7) is 1.07. The molecule has 0 spiro atoms. The van der Waals surface area contributed by atoms with Gasteiger partial charge < -0.3 is 0 Å². The Balaban J connectivity index is 1.80. The van der Waals surface area contributed by atoms with Gasteiger partial charge in [-0.05, 0) is 40.8 Å². The van der Waals surface area contributed by atoms with Gasteiger partial charge in [0.15, 0.2) is 6.54 Å². The van der Waals surface area contributed by atoms with Crippen LogP contribution in [0.2, 0.25) is 0 Å². The summed E-state index contributed by atoms with van der Waals surface area (Å²) in [5.74, 6) is 0.843. The Morgan fingerprint density at radius 3 is 2.42 bits per heavy atom. The van der Waals surface area contributed by atoms with Gasteiger partial charge in [0.1, 0.15) is 6.20 Å². The predicted molar refractivity (Wildman–Crippen MR) is 76.8 cm³/mol. The van der Waals surface area contributed by atoms with Gasteiger partial charge in [-0.1, -0.05) is 35.4 Å². The molecule has 3 aromatic rings. The average Bonchev–Trinajstić information content (AvgIpc) is 2.40. The van der Waals surface area contributed by atoms with E-state index >= 15 is 0 Å². The van der Waals surface area contributed by atoms with Crippen molar-refractivity contribution < 1.29 is 4.68 Å². The maximum Gasteiger partial charge on any atom is 0.204 e. The van der Waals surface area contributed by atoms with Crippen molar-refractivity contribution in [1.82, 2.24) is 5.10 Å². The summed E-state index contributed by atoms with van der Waals surface area (Å²) in [7, 11) is 0. The summed E-state index contributed by atoms with van der Waals surface area (Å²) in [4.78, 5) is 0. The number of aromatic nitrogens is 2. The van der Waals surface area contributed by atoms with E-state index < -0.39 is 0 Å². The SMILES string of the molecule is c1ccc2cc3c[n+](CC4CCC4)ncc3cc2c1. The van der Waals surface area contributed by atoms with Crippen LogP contribution in [0.25, 0.3) is 21.5 Å². The van der Waals surface area contributed by atoms with Crippen LogP contribution < -0.4 is 4.68 Å². The second-order valence-corrected chi connectivity index (χ2v) is 5.62. The van der Waals surface area contributed by atoms with E-state index in [9.17, 15) is 0 Å². The monoisotopic (exact) mass is 249 g/mol. The van der Waals surface area contributed by atoms with Gasteiger partial charge >= 0.3 is 0 Å². The minimum absolute atomic E-state index is 0.843. The highest BCUT2D eigenvalue weighted by Gasteiger charge is 2.22. The lowest BCUT2D eigenvalue weighted by Crippen LogP contribution is -2.42. The highest BCUT2D eigenvalue weighted by molar-refractivity contribution is 5.97. The molecule has 19 heavy (non-hydrogen) atoms. The second kappa shape index (κ2) is 4.30. The molecule has 0 saturated heterocycles. The van der Waals surface area contributed by atoms with Crippen LogP contribution in [0.3, 0.4) is 0 Å². The molecule has 0 aliphatic heterocycles. The zero-order valence-electron chi connectivity index (χ0n) is 10.9. The van der Waals surface area contributed by atoms with E-state index in [0.717, 1.165) is 12.5 Å². The minimum Gasteiger partial charge on any atom is -0.0903 e. The van der Waals surface area contributed by atoms with Gasteiger partial charge in [0, 0.05) is 11.3 Å². The fraction of sp³-hybridized carbons (Fsp3) is 0.294. The first kappa shape index (κ1) is 10.9. The summed E-state index contributed by atoms with van der Waals surface area (Å²) >= 11 is 0. The van der Waals surface area contributed by atoms with E-state index in [1.807, 2.05) is 6.20 Å². The minimum atomic E-state index is 0.843. The third-order valence-electron chi connectivity index (χ3n) is 4.25. The van der Waals surface area contributed by atoms with Crippen molar-refractivity contribution in [2.24, 2.45) is 5.92 Å². The Bertz CT molecular complexity index is 744. The first-order chi connectivity index (χ1) is 9.38. The highest BCUT2D eigenvalue weighted by Crippen LogP contribution is 2.26. The molecule has 2 nitrogen and oxygen atoms in total. The lowest BCUT2D eigenvalue weighted by atomic mass is 9.85. The molecule has 4 rings (SSSR count). The van der Waals surface area contributed by atoms with Crippen LogP contribution in [0.4, 0.5) is 0 Å². The Labute approximate surface area is 112 Å². The number of hydrogen-bond acceptors (Lipinski definition) is 1. The van der Waals surface area contributed by atoms with Gasteiger partial charge in [0.2, 0.25) is 6.20 Å². The summed E-state index contributed by atoms with van der Waals surface area (Å²) in [6.07, 6.45) is 8.32. The van der Waals surface area contributed by atoms with Gasteiger partial charge in [-0.25, -0.2) is 0 Å². The maximum absolute atomic E-state index is 4.55. The number of rotatable bonds is 2. The molecule has 1 aliphatic rings. The van der Waals surface area contributed by atoms with Crippen molar-refractivity contribution in [1.29, 1.82) is 0 Å². The Kier molecular flexibility index (Phi) is 2.47. The number of hydrogen-bond donors (Lipinski definition) is 0. The smallest absolute Gasteiger partial charge is 0.0903 e. The van der Waals surface area contributed by atoms with E-state index in [1.165, 1.54) is 40.8 Å². The topological polar surface area (TPSA) is 16.8 Å². The van der Waals surface area contributed by atoms with Crippen LogP contribution in [0.15, 0.2) is 48.8 Å². The first-order valence-electron chi connectivity index (χ1n) is 7.07. The standard InChI is InChI=1S/C17H17N2/c1-2-7-15-9-17-12-19(11-13-4-3-5-13)18-10-16(17)8-14(15)6-1/h1-2,6-10,12-13H,3-5,11H2/q+1. The first-order valence-corrected chi connectivity index (χ1v) is 7.07. The molecule has 0 radical (unpaired) electrons. The fourth-order valence-corrected chi connectivity index (χ4v) is 2.87. The zero-order chi connectivity index (χ0) is 12.7. The van der Waals surface area contributed by atoms with Crippen LogP contribution in [-0.4, -0.2) is 5.10 Å². The third-order valence-corrected chi connectivity index (χ3v) is 4.25. The van der Waals surface area contributed by atoms with Crippen molar-refractivity contribution >= 4 is 21.5 Å². The van der Waals surface area contributed by atoms with Crippen molar-refractivity contribution in [3.05, 3.63) is 48.8 Å². The number of nitrogens with zero attached hydrogens (tertiary/aromatic N) is 2. The Morgan fingerprint density at radius 1 is 1.00 bits per heavy atom. The van der Waals surface area contributed by atoms with E-state index in [0.29, 0.717) is 0 Å². The van der Waals surface area contributed by atoms with Crippen molar-refractivity contribution in [2.45, 2.75) is 25.8 Å². The second-order valence-electron chi connectivity index (χ2n) is 5.62. The maximum atomic E-state index is 4.55. The van der Waals surface area contributed by atoms with Gasteiger partial charge in [0.25, 0.3) is 0 Å². The van der Waals surface area contributed by atoms with Crippen LogP contribution in [0.5, 0.6) is 0 Å². The lowest BCUT2D eigenvalue weighted by molar-refractivity contribution is -0.759. The largest absolute Gasteiger partial charge is 0.204 e. The molecular formula is C17H17N2+. The lowest BCUT2D eigenvalue weighted by Gasteiger charge is -2.21. The molecule has 2 heteroatoms. The van der Waals surface area contributed by atoms with Gasteiger partial charge in [-0.2, -0.15) is 0 Å². The van der Waals surface area contributed by atoms with E-state index in [1.54, 1.807) is 0 Å². The summed E-state index contributed by atoms with van der Waals surface area (Å²) in [6, 6.07) is 13.0. The number of benzene rings is 2. The molecule has 0 atom stereocenters. The quantitative estimate of drug-likeness (QED) is 0.502. The predicted octanol–water partition coefficient (Wildman–Crippen LogP) is 3.48. The molecule has 0 unspecified atom stereocenters. The molecule has 1 saturated carbocycles. The molecule has 1 aromatic heterocycles. The molecule has 0 amide bonds. The summed E-state index contributed by atoms with van der Waals surface area (Å²) in [5.41, 5.74) is 0. The van der Waals surface area contributed by atoms with Gasteiger partial charge in [0.05, 0.1) is 5.39 Å². The van der Waals surface area contributed by atoms with Crippen LogP contribution >= 0.6 is 0 Å². The number of fused-ring (bicyclic) bond motifs is 2. The third kappa shape index (κ3) is 1.97. The fourth-order valence-electron chi connectivity index (χ4n) is 2.87. The molecular weight excluding hydrogens is 232 g/mol. The Hall–Kier alpha value is -1.96. The van der Waals surface area contributed by atoms with E-state index in [4.69, 9.17) is 0 Å². The Morgan fingerprint density at radius 2 is 1.74 bits per heavy atom. The molecule has 0 bridgehead atoms. The molecule has 1 fully saturated rings. The summed E-state index contributed by atoms with van der Waals surface area (Å²) in [5, 5.41) is 9.65. The van der Waals surface area contributed by atoms with Crippen molar-refractivity contribution in [2.75, 3.05) is 0 Å². The summed E-state index contributed by atoms with van der Waals surface area (Å²) < 4.78 is 2.11. The zero-order valence-corrected chi connectivity index (χ0v) is 10.9. The average molecular weight is 249 g/mol.